The number of halogens is 1. The molecule has 4 heteroatoms. The number of hydrogen-bond acceptors (Lipinski definition) is 3. The van der Waals surface area contributed by atoms with Crippen LogP contribution < -0.4 is 4.90 Å². The molecule has 1 N–H and O–H groups in total. The summed E-state index contributed by atoms with van der Waals surface area (Å²) in [4.78, 5) is 1.94. The molecule has 1 aromatic carbocycles. The van der Waals surface area contributed by atoms with E-state index in [9.17, 15) is 0 Å². The van der Waals surface area contributed by atoms with Crippen molar-refractivity contribution >= 4 is 34.6 Å². The van der Waals surface area contributed by atoms with Crippen LogP contribution in [-0.4, -0.2) is 12.6 Å². The number of benzene rings is 1. The van der Waals surface area contributed by atoms with Gasteiger partial charge in [0.05, 0.1) is 16.3 Å². The van der Waals surface area contributed by atoms with Crippen molar-refractivity contribution in [2.24, 2.45) is 0 Å². The van der Waals surface area contributed by atoms with Crippen molar-refractivity contribution < 1.29 is 0 Å². The quantitative estimate of drug-likeness (QED) is 0.631. The van der Waals surface area contributed by atoms with Crippen LogP contribution in [0.2, 0.25) is 5.02 Å². The first-order valence-corrected chi connectivity index (χ1v) is 6.33. The monoisotopic (exact) mass is 254 g/mol. The molecule has 0 bridgehead atoms. The third-order valence-electron chi connectivity index (χ3n) is 2.23. The number of anilines is 1. The highest BCUT2D eigenvalue weighted by molar-refractivity contribution is 8.14. The predicted molar refractivity (Wildman–Crippen MR) is 74.7 cm³/mol. The van der Waals surface area contributed by atoms with Crippen LogP contribution >= 0.6 is 23.4 Å². The van der Waals surface area contributed by atoms with E-state index >= 15 is 0 Å². The fourth-order valence-corrected chi connectivity index (χ4v) is 1.97. The van der Waals surface area contributed by atoms with Crippen LogP contribution in [0.3, 0.4) is 0 Å². The highest BCUT2D eigenvalue weighted by Gasteiger charge is 2.03. The lowest BCUT2D eigenvalue weighted by atomic mass is 10.1. The van der Waals surface area contributed by atoms with Gasteiger partial charge in [0.1, 0.15) is 0 Å². The largest absolute Gasteiger partial charge is 0.349 e. The van der Waals surface area contributed by atoms with Gasteiger partial charge in [0, 0.05) is 13.2 Å². The van der Waals surface area contributed by atoms with E-state index in [0.29, 0.717) is 0 Å². The molecule has 0 aliphatic rings. The van der Waals surface area contributed by atoms with Gasteiger partial charge in [-0.15, -0.1) is 0 Å². The van der Waals surface area contributed by atoms with Crippen LogP contribution in [0.4, 0.5) is 5.69 Å². The van der Waals surface area contributed by atoms with Gasteiger partial charge in [0.15, 0.2) is 0 Å². The maximum absolute atomic E-state index is 6.89. The molecule has 0 saturated carbocycles. The molecule has 0 unspecified atom stereocenters. The normalized spacial score (nSPS) is 10.7. The number of aryl methyl sites for hydroxylation is 1. The van der Waals surface area contributed by atoms with Crippen molar-refractivity contribution in [1.29, 1.82) is 5.41 Å². The number of nitrogens with zero attached hydrogens (tertiary/aromatic N) is 1. The molecule has 0 heterocycles. The molecule has 2 nitrogen and oxygen atoms in total. The molecule has 1 aromatic rings. The molecule has 0 aromatic heterocycles. The van der Waals surface area contributed by atoms with E-state index in [1.54, 1.807) is 0 Å². The Morgan fingerprint density at radius 2 is 2.25 bits per heavy atom. The van der Waals surface area contributed by atoms with Gasteiger partial charge in [-0.2, -0.15) is 0 Å². The van der Waals surface area contributed by atoms with Crippen LogP contribution in [0.25, 0.3) is 0 Å². The summed E-state index contributed by atoms with van der Waals surface area (Å²) in [6.45, 7) is 2.11. The van der Waals surface area contributed by atoms with Gasteiger partial charge in [-0.25, -0.2) is 0 Å². The molecule has 1 rings (SSSR count). The van der Waals surface area contributed by atoms with E-state index in [0.717, 1.165) is 17.1 Å². The SMILES string of the molecule is CCc1ccc(N(C)/C=C\SC=N)c(Cl)c1. The van der Waals surface area contributed by atoms with Crippen molar-refractivity contribution in [3.05, 3.63) is 40.4 Å². The van der Waals surface area contributed by atoms with E-state index in [-0.39, 0.29) is 0 Å². The molecule has 86 valence electrons. The molecular weight excluding hydrogens is 240 g/mol. The molecule has 0 spiro atoms. The lowest BCUT2D eigenvalue weighted by molar-refractivity contribution is 1.13. The number of thioether (sulfide) groups is 1. The van der Waals surface area contributed by atoms with E-state index in [1.807, 2.05) is 35.7 Å². The van der Waals surface area contributed by atoms with Crippen molar-refractivity contribution in [3.63, 3.8) is 0 Å². The first kappa shape index (κ1) is 13.1. The Morgan fingerprint density at radius 1 is 1.50 bits per heavy atom. The minimum absolute atomic E-state index is 0.756. The average molecular weight is 255 g/mol. The van der Waals surface area contributed by atoms with E-state index in [4.69, 9.17) is 17.0 Å². The highest BCUT2D eigenvalue weighted by Crippen LogP contribution is 2.26. The van der Waals surface area contributed by atoms with Gasteiger partial charge in [-0.3, -0.25) is 0 Å². The van der Waals surface area contributed by atoms with Gasteiger partial charge in [0.2, 0.25) is 0 Å². The molecule has 0 saturated heterocycles. The van der Waals surface area contributed by atoms with Crippen molar-refractivity contribution in [1.82, 2.24) is 0 Å². The lowest BCUT2D eigenvalue weighted by Gasteiger charge is -2.16. The zero-order chi connectivity index (χ0) is 12.0. The summed E-state index contributed by atoms with van der Waals surface area (Å²) in [6, 6.07) is 6.08. The Hall–Kier alpha value is -0.930. The molecule has 16 heavy (non-hydrogen) atoms. The Bertz CT molecular complexity index is 391. The van der Waals surface area contributed by atoms with Crippen LogP contribution in [0.5, 0.6) is 0 Å². The summed E-state index contributed by atoms with van der Waals surface area (Å²) in [5.41, 5.74) is 3.49. The predicted octanol–water partition coefficient (Wildman–Crippen LogP) is 4.15. The van der Waals surface area contributed by atoms with E-state index in [2.05, 4.69) is 13.0 Å². The van der Waals surface area contributed by atoms with Crippen molar-refractivity contribution in [2.75, 3.05) is 11.9 Å². The average Bonchev–Trinajstić information content (AvgIpc) is 2.29. The van der Waals surface area contributed by atoms with Crippen molar-refractivity contribution in [3.8, 4) is 0 Å². The fraction of sp³-hybridized carbons (Fsp3) is 0.250. The second-order valence-corrected chi connectivity index (χ2v) is 4.48. The van der Waals surface area contributed by atoms with Crippen LogP contribution in [0.1, 0.15) is 12.5 Å². The highest BCUT2D eigenvalue weighted by atomic mass is 35.5. The second-order valence-electron chi connectivity index (χ2n) is 3.29. The zero-order valence-corrected chi connectivity index (χ0v) is 11.0. The Kier molecular flexibility index (Phi) is 5.43. The third kappa shape index (κ3) is 3.58. The summed E-state index contributed by atoms with van der Waals surface area (Å²) in [6.07, 6.45) is 2.88. The Morgan fingerprint density at radius 3 is 2.81 bits per heavy atom. The van der Waals surface area contributed by atoms with Gasteiger partial charge in [0.25, 0.3) is 0 Å². The first-order valence-electron chi connectivity index (χ1n) is 5.01. The molecule has 0 fully saturated rings. The lowest BCUT2D eigenvalue weighted by Crippen LogP contribution is -2.08. The minimum atomic E-state index is 0.756. The Balaban J connectivity index is 2.83. The number of nitrogens with one attached hydrogen (secondary N) is 1. The Labute approximate surface area is 106 Å². The molecule has 0 aliphatic carbocycles. The van der Waals surface area contributed by atoms with Crippen molar-refractivity contribution in [2.45, 2.75) is 13.3 Å². The van der Waals surface area contributed by atoms with E-state index in [1.165, 1.54) is 22.9 Å². The van der Waals surface area contributed by atoms with Crippen LogP contribution in [0.15, 0.2) is 29.8 Å². The van der Waals surface area contributed by atoms with Gasteiger partial charge >= 0.3 is 0 Å². The topological polar surface area (TPSA) is 27.1 Å². The van der Waals surface area contributed by atoms with Gasteiger partial charge in [-0.1, -0.05) is 36.4 Å². The summed E-state index contributed by atoms with van der Waals surface area (Å²) in [5.74, 6) is 0. The van der Waals surface area contributed by atoms with E-state index < -0.39 is 0 Å². The molecule has 0 radical (unpaired) electrons. The van der Waals surface area contributed by atoms with Crippen LogP contribution in [-0.2, 0) is 6.42 Å². The maximum atomic E-state index is 6.89. The summed E-state index contributed by atoms with van der Waals surface area (Å²) < 4.78 is 0. The smallest absolute Gasteiger partial charge is 0.0645 e. The minimum Gasteiger partial charge on any atom is -0.349 e. The summed E-state index contributed by atoms with van der Waals surface area (Å²) >= 11 is 7.51. The fourth-order valence-electron chi connectivity index (χ4n) is 1.30. The molecule has 0 atom stereocenters. The van der Waals surface area contributed by atoms with Crippen LogP contribution in [0, 0.1) is 5.41 Å². The summed E-state index contributed by atoms with van der Waals surface area (Å²) in [5, 5.41) is 9.49. The molecule has 0 aliphatic heterocycles. The second kappa shape index (κ2) is 6.61. The molecular formula is C12H15ClN2S. The number of hydrogen-bond donors (Lipinski definition) is 1. The first-order chi connectivity index (χ1) is 7.69. The number of rotatable bonds is 5. The molecule has 0 amide bonds. The third-order valence-corrected chi connectivity index (χ3v) is 2.95. The van der Waals surface area contributed by atoms with Gasteiger partial charge < -0.3 is 10.3 Å². The standard InChI is InChI=1S/C12H15ClN2S/c1-3-10-4-5-12(11(13)8-10)15(2)6-7-16-9-14/h4-9,14H,3H2,1-2H3/b7-6-,14-9?. The summed E-state index contributed by atoms with van der Waals surface area (Å²) in [7, 11) is 1.94. The van der Waals surface area contributed by atoms with Gasteiger partial charge in [-0.05, 0) is 29.5 Å². The zero-order valence-electron chi connectivity index (χ0n) is 9.40. The maximum Gasteiger partial charge on any atom is 0.0645 e.